The van der Waals surface area contributed by atoms with E-state index < -0.39 is 0 Å². The van der Waals surface area contributed by atoms with Crippen LogP contribution in [0.3, 0.4) is 0 Å². The van der Waals surface area contributed by atoms with Gasteiger partial charge in [-0.3, -0.25) is 9.79 Å². The van der Waals surface area contributed by atoms with E-state index in [0.29, 0.717) is 24.7 Å². The molecule has 138 valence electrons. The summed E-state index contributed by atoms with van der Waals surface area (Å²) in [6.45, 7) is 3.30. The fraction of sp³-hybridized carbons (Fsp3) is 0.350. The average Bonchev–Trinajstić information content (AvgIpc) is 2.66. The Morgan fingerprint density at radius 2 is 1.85 bits per heavy atom. The molecule has 0 fully saturated rings. The largest absolute Gasteiger partial charge is 0.356 e. The normalized spacial score (nSPS) is 11.1. The number of pyridine rings is 1. The summed E-state index contributed by atoms with van der Waals surface area (Å²) < 4.78 is 0. The van der Waals surface area contributed by atoms with Crippen LogP contribution in [0.2, 0.25) is 0 Å². The average molecular weight is 353 g/mol. The molecule has 0 unspecified atom stereocenters. The summed E-state index contributed by atoms with van der Waals surface area (Å²) in [6.07, 6.45) is 4.12. The van der Waals surface area contributed by atoms with Crippen LogP contribution in [0.5, 0.6) is 0 Å². The molecule has 6 nitrogen and oxygen atoms in total. The highest BCUT2D eigenvalue weighted by Gasteiger charge is 2.04. The van der Waals surface area contributed by atoms with E-state index in [0.717, 1.165) is 24.9 Å². The Morgan fingerprint density at radius 1 is 1.08 bits per heavy atom. The molecular formula is C20H27N5O. The van der Waals surface area contributed by atoms with Gasteiger partial charge in [-0.05, 0) is 37.0 Å². The third-order valence-electron chi connectivity index (χ3n) is 3.82. The van der Waals surface area contributed by atoms with Gasteiger partial charge in [0, 0.05) is 32.8 Å². The van der Waals surface area contributed by atoms with E-state index in [-0.39, 0.29) is 5.91 Å². The van der Waals surface area contributed by atoms with E-state index in [1.165, 1.54) is 5.56 Å². The van der Waals surface area contributed by atoms with Gasteiger partial charge in [0.1, 0.15) is 5.82 Å². The fourth-order valence-corrected chi connectivity index (χ4v) is 2.41. The van der Waals surface area contributed by atoms with Gasteiger partial charge in [0.2, 0.25) is 5.91 Å². The molecule has 0 radical (unpaired) electrons. The second-order valence-corrected chi connectivity index (χ2v) is 6.03. The maximum Gasteiger partial charge on any atom is 0.227 e. The number of benzene rings is 1. The number of aryl methyl sites for hydroxylation is 2. The van der Waals surface area contributed by atoms with Crippen molar-refractivity contribution in [3.05, 3.63) is 59.8 Å². The summed E-state index contributed by atoms with van der Waals surface area (Å²) in [4.78, 5) is 20.3. The first-order valence-corrected chi connectivity index (χ1v) is 8.88. The van der Waals surface area contributed by atoms with Crippen molar-refractivity contribution < 1.29 is 4.79 Å². The lowest BCUT2D eigenvalue weighted by atomic mass is 10.1. The molecule has 2 aromatic rings. The standard InChI is InChI=1S/C20H27N5O/c1-16-10-11-18(24-15-16)25-19(26)12-14-23-20(21-2)22-13-6-9-17-7-4-3-5-8-17/h3-5,7-8,10-11,15H,6,9,12-14H2,1-2H3,(H2,21,22,23)(H,24,25,26). The Balaban J connectivity index is 1.60. The summed E-state index contributed by atoms with van der Waals surface area (Å²) in [6, 6.07) is 14.1. The number of nitrogens with zero attached hydrogens (tertiary/aromatic N) is 2. The molecule has 0 bridgehead atoms. The van der Waals surface area contributed by atoms with E-state index in [1.54, 1.807) is 19.3 Å². The zero-order valence-electron chi connectivity index (χ0n) is 15.5. The number of guanidine groups is 1. The molecule has 26 heavy (non-hydrogen) atoms. The molecular weight excluding hydrogens is 326 g/mol. The number of aliphatic imine (C=N–C) groups is 1. The first-order chi connectivity index (χ1) is 12.7. The quantitative estimate of drug-likeness (QED) is 0.387. The molecule has 1 amide bonds. The lowest BCUT2D eigenvalue weighted by molar-refractivity contribution is -0.116. The van der Waals surface area contributed by atoms with Crippen molar-refractivity contribution >= 4 is 17.7 Å². The van der Waals surface area contributed by atoms with Gasteiger partial charge in [-0.1, -0.05) is 36.4 Å². The molecule has 0 spiro atoms. The Labute approximate surface area is 155 Å². The van der Waals surface area contributed by atoms with Gasteiger partial charge in [0.15, 0.2) is 5.96 Å². The van der Waals surface area contributed by atoms with Crippen LogP contribution in [-0.2, 0) is 11.2 Å². The predicted molar refractivity (Wildman–Crippen MR) is 106 cm³/mol. The third kappa shape index (κ3) is 7.34. The van der Waals surface area contributed by atoms with Crippen LogP contribution >= 0.6 is 0 Å². The van der Waals surface area contributed by atoms with Gasteiger partial charge < -0.3 is 16.0 Å². The monoisotopic (exact) mass is 353 g/mol. The zero-order valence-corrected chi connectivity index (χ0v) is 15.5. The Bertz CT molecular complexity index is 698. The first kappa shape index (κ1) is 19.4. The highest BCUT2D eigenvalue weighted by molar-refractivity contribution is 5.90. The minimum Gasteiger partial charge on any atom is -0.356 e. The highest BCUT2D eigenvalue weighted by atomic mass is 16.1. The molecule has 1 aromatic heterocycles. The second-order valence-electron chi connectivity index (χ2n) is 6.03. The van der Waals surface area contributed by atoms with Gasteiger partial charge in [-0.25, -0.2) is 4.98 Å². The summed E-state index contributed by atoms with van der Waals surface area (Å²) in [5, 5.41) is 9.20. The van der Waals surface area contributed by atoms with E-state index in [4.69, 9.17) is 0 Å². The van der Waals surface area contributed by atoms with Crippen molar-refractivity contribution in [2.45, 2.75) is 26.2 Å². The van der Waals surface area contributed by atoms with Crippen LogP contribution in [0.4, 0.5) is 5.82 Å². The molecule has 0 aliphatic rings. The van der Waals surface area contributed by atoms with Crippen molar-refractivity contribution in [1.82, 2.24) is 15.6 Å². The van der Waals surface area contributed by atoms with Crippen molar-refractivity contribution in [3.63, 3.8) is 0 Å². The van der Waals surface area contributed by atoms with Crippen LogP contribution in [0.1, 0.15) is 24.0 Å². The maximum atomic E-state index is 11.9. The Kier molecular flexibility index (Phi) is 8.12. The molecule has 3 N–H and O–H groups in total. The molecule has 0 aliphatic heterocycles. The molecule has 2 rings (SSSR count). The van der Waals surface area contributed by atoms with Crippen LogP contribution in [-0.4, -0.2) is 37.0 Å². The lowest BCUT2D eigenvalue weighted by Crippen LogP contribution is -2.39. The smallest absolute Gasteiger partial charge is 0.227 e. The van der Waals surface area contributed by atoms with Gasteiger partial charge in [0.25, 0.3) is 0 Å². The third-order valence-corrected chi connectivity index (χ3v) is 3.82. The molecule has 6 heteroatoms. The SMILES string of the molecule is CN=C(NCCCc1ccccc1)NCCC(=O)Nc1ccc(C)cn1. The van der Waals surface area contributed by atoms with E-state index in [1.807, 2.05) is 19.1 Å². The summed E-state index contributed by atoms with van der Waals surface area (Å²) in [5.41, 5.74) is 2.39. The van der Waals surface area contributed by atoms with E-state index in [9.17, 15) is 4.79 Å². The number of nitrogens with one attached hydrogen (secondary N) is 3. The fourth-order valence-electron chi connectivity index (χ4n) is 2.41. The predicted octanol–water partition coefficient (Wildman–Crippen LogP) is 2.52. The van der Waals surface area contributed by atoms with Crippen LogP contribution < -0.4 is 16.0 Å². The number of carbonyl (C=O) groups excluding carboxylic acids is 1. The second kappa shape index (κ2) is 10.9. The van der Waals surface area contributed by atoms with Gasteiger partial charge in [-0.15, -0.1) is 0 Å². The van der Waals surface area contributed by atoms with Crippen molar-refractivity contribution in [2.24, 2.45) is 4.99 Å². The van der Waals surface area contributed by atoms with Crippen LogP contribution in [0.25, 0.3) is 0 Å². The molecule has 1 aromatic carbocycles. The number of anilines is 1. The van der Waals surface area contributed by atoms with Gasteiger partial charge >= 0.3 is 0 Å². The van der Waals surface area contributed by atoms with Crippen molar-refractivity contribution in [1.29, 1.82) is 0 Å². The van der Waals surface area contributed by atoms with Crippen LogP contribution in [0, 0.1) is 6.92 Å². The topological polar surface area (TPSA) is 78.4 Å². The molecule has 0 atom stereocenters. The summed E-state index contributed by atoms with van der Waals surface area (Å²) in [5.74, 6) is 1.21. The van der Waals surface area contributed by atoms with E-state index >= 15 is 0 Å². The van der Waals surface area contributed by atoms with Crippen molar-refractivity contribution in [3.8, 4) is 0 Å². The molecule has 0 saturated heterocycles. The first-order valence-electron chi connectivity index (χ1n) is 8.88. The minimum atomic E-state index is -0.0756. The minimum absolute atomic E-state index is 0.0756. The number of carbonyl (C=O) groups is 1. The number of hydrogen-bond acceptors (Lipinski definition) is 3. The van der Waals surface area contributed by atoms with Gasteiger partial charge in [0.05, 0.1) is 0 Å². The Hall–Kier alpha value is -2.89. The lowest BCUT2D eigenvalue weighted by Gasteiger charge is -2.12. The Morgan fingerprint density at radius 3 is 2.54 bits per heavy atom. The summed E-state index contributed by atoms with van der Waals surface area (Å²) >= 11 is 0. The molecule has 1 heterocycles. The number of rotatable bonds is 8. The number of hydrogen-bond donors (Lipinski definition) is 3. The zero-order chi connectivity index (χ0) is 18.6. The molecule has 0 saturated carbocycles. The van der Waals surface area contributed by atoms with Gasteiger partial charge in [-0.2, -0.15) is 0 Å². The molecule has 0 aliphatic carbocycles. The summed E-state index contributed by atoms with van der Waals surface area (Å²) in [7, 11) is 1.73. The van der Waals surface area contributed by atoms with Crippen LogP contribution in [0.15, 0.2) is 53.7 Å². The van der Waals surface area contributed by atoms with Crippen molar-refractivity contribution in [2.75, 3.05) is 25.5 Å². The number of amides is 1. The maximum absolute atomic E-state index is 11.9. The number of aromatic nitrogens is 1. The van der Waals surface area contributed by atoms with E-state index in [2.05, 4.69) is 50.2 Å². The highest BCUT2D eigenvalue weighted by Crippen LogP contribution is 2.04.